The summed E-state index contributed by atoms with van der Waals surface area (Å²) >= 11 is 0.352. The maximum atomic E-state index is 15.5. The van der Waals surface area contributed by atoms with Crippen LogP contribution in [0.4, 0.5) is 8.78 Å². The molecule has 0 fully saturated rings. The van der Waals surface area contributed by atoms with E-state index < -0.39 is 61.3 Å². The molecule has 14 nitrogen and oxygen atoms in total. The van der Waals surface area contributed by atoms with E-state index in [1.807, 2.05) is 0 Å². The first-order valence-corrected chi connectivity index (χ1v) is 13.8. The molecule has 0 saturated heterocycles. The van der Waals surface area contributed by atoms with Crippen molar-refractivity contribution in [1.82, 2.24) is 4.72 Å². The minimum atomic E-state index is -4.74. The molecule has 0 unspecified atom stereocenters. The molecule has 0 bridgehead atoms. The molecular formula is C16H20F2N7O7PS2. The molecule has 0 spiro atoms. The Morgan fingerprint density at radius 1 is 1.06 bits per heavy atom. The van der Waals surface area contributed by atoms with Crippen LogP contribution in [-0.4, -0.2) is 50.8 Å². The number of benzene rings is 1. The van der Waals surface area contributed by atoms with Crippen LogP contribution in [0.25, 0.3) is 31.0 Å². The largest absolute Gasteiger partial charge is 0.487 e. The van der Waals surface area contributed by atoms with Crippen LogP contribution in [0, 0.1) is 18.6 Å². The van der Waals surface area contributed by atoms with E-state index >= 15 is 8.78 Å². The molecule has 0 aliphatic rings. The fourth-order valence-corrected chi connectivity index (χ4v) is 6.61. The van der Waals surface area contributed by atoms with Gasteiger partial charge in [0.25, 0.3) is 10.0 Å². The third-order valence-electron chi connectivity index (χ3n) is 4.26. The highest BCUT2D eigenvalue weighted by Crippen LogP contribution is 2.46. The van der Waals surface area contributed by atoms with Crippen LogP contribution in [0.5, 0.6) is 11.5 Å². The Hall–Kier alpha value is -2.68. The number of sulfonamides is 1. The van der Waals surface area contributed by atoms with Crippen LogP contribution in [0.3, 0.4) is 0 Å². The molecule has 2 aromatic rings. The van der Waals surface area contributed by atoms with Crippen molar-refractivity contribution in [3.05, 3.63) is 38.1 Å². The summed E-state index contributed by atoms with van der Waals surface area (Å²) < 4.78 is 78.6. The third kappa shape index (κ3) is 7.40. The molecule has 0 radical (unpaired) electrons. The number of aryl methyl sites for hydroxylation is 1. The quantitative estimate of drug-likeness (QED) is 0.102. The van der Waals surface area contributed by atoms with Crippen molar-refractivity contribution < 1.29 is 41.0 Å². The molecule has 0 aliphatic carbocycles. The normalized spacial score (nSPS) is 11.7. The molecule has 0 saturated carbocycles. The molecule has 35 heavy (non-hydrogen) atoms. The van der Waals surface area contributed by atoms with E-state index in [-0.39, 0.29) is 44.7 Å². The molecule has 19 heteroatoms. The minimum absolute atomic E-state index is 0.0241. The van der Waals surface area contributed by atoms with E-state index in [9.17, 15) is 13.0 Å². The standard InChI is InChI=1S/C16H20F2N7O7PS2/c1-9-10-11(17)13(31-6-2-4-21-24-19)14(32-7-3-5-22-25-20)12(18)15(10)34-16(9)35(29,30)23-8-33(26,27)28/h23H,2-8H2,1H3,(H2,26,27,28). The Bertz CT molecular complexity index is 1340. The number of thiophene rings is 1. The summed E-state index contributed by atoms with van der Waals surface area (Å²) in [5.74, 6) is -3.49. The molecule has 1 heterocycles. The van der Waals surface area contributed by atoms with E-state index in [2.05, 4.69) is 20.1 Å². The summed E-state index contributed by atoms with van der Waals surface area (Å²) in [5.41, 5.74) is 16.4. The highest BCUT2D eigenvalue weighted by molar-refractivity contribution is 7.92. The summed E-state index contributed by atoms with van der Waals surface area (Å²) in [4.78, 5) is 23.0. The maximum Gasteiger partial charge on any atom is 0.340 e. The zero-order valence-corrected chi connectivity index (χ0v) is 20.6. The molecule has 0 atom stereocenters. The number of hydrogen-bond donors (Lipinski definition) is 3. The second-order valence-corrected chi connectivity index (χ2v) is 11.4. The number of halogens is 2. The number of nitrogens with zero attached hydrogens (tertiary/aromatic N) is 6. The van der Waals surface area contributed by atoms with Gasteiger partial charge in [-0.25, -0.2) is 17.2 Å². The molecule has 0 aliphatic heterocycles. The lowest BCUT2D eigenvalue weighted by Gasteiger charge is -2.15. The van der Waals surface area contributed by atoms with Gasteiger partial charge >= 0.3 is 7.60 Å². The maximum absolute atomic E-state index is 15.5. The zero-order chi connectivity index (χ0) is 26.2. The fourth-order valence-electron chi connectivity index (χ4n) is 2.78. The van der Waals surface area contributed by atoms with Crippen molar-refractivity contribution in [1.29, 1.82) is 0 Å². The first-order valence-electron chi connectivity index (χ1n) is 9.70. The third-order valence-corrected chi connectivity index (χ3v) is 8.35. The van der Waals surface area contributed by atoms with Gasteiger partial charge in [0, 0.05) is 28.3 Å². The van der Waals surface area contributed by atoms with E-state index in [1.54, 1.807) is 4.72 Å². The Labute approximate surface area is 201 Å². The lowest BCUT2D eigenvalue weighted by atomic mass is 10.1. The Morgan fingerprint density at radius 3 is 2.06 bits per heavy atom. The fraction of sp³-hybridized carbons (Fsp3) is 0.500. The molecule has 3 N–H and O–H groups in total. The van der Waals surface area contributed by atoms with Crippen LogP contribution in [-0.2, 0) is 14.6 Å². The molecule has 0 amide bonds. The van der Waals surface area contributed by atoms with Crippen molar-refractivity contribution in [2.24, 2.45) is 10.2 Å². The van der Waals surface area contributed by atoms with Crippen LogP contribution >= 0.6 is 18.9 Å². The van der Waals surface area contributed by atoms with Crippen molar-refractivity contribution in [2.75, 3.05) is 32.6 Å². The van der Waals surface area contributed by atoms with Crippen LogP contribution in [0.15, 0.2) is 14.4 Å². The number of nitrogens with one attached hydrogen (secondary N) is 1. The van der Waals surface area contributed by atoms with Gasteiger partial charge < -0.3 is 19.3 Å². The Kier molecular flexibility index (Phi) is 10.1. The number of hydrogen-bond acceptors (Lipinski definition) is 8. The van der Waals surface area contributed by atoms with Crippen LogP contribution in [0.1, 0.15) is 18.4 Å². The van der Waals surface area contributed by atoms with E-state index in [4.69, 9.17) is 30.3 Å². The number of azide groups is 2. The van der Waals surface area contributed by atoms with Gasteiger partial charge in [-0.1, -0.05) is 10.2 Å². The van der Waals surface area contributed by atoms with Crippen molar-refractivity contribution in [3.63, 3.8) is 0 Å². The monoisotopic (exact) mass is 555 g/mol. The van der Waals surface area contributed by atoms with Crippen molar-refractivity contribution in [3.8, 4) is 11.5 Å². The van der Waals surface area contributed by atoms with Gasteiger partial charge in [-0.2, -0.15) is 4.72 Å². The second-order valence-electron chi connectivity index (χ2n) is 6.79. The van der Waals surface area contributed by atoms with Crippen molar-refractivity contribution >= 4 is 39.0 Å². The average molecular weight is 555 g/mol. The Morgan fingerprint density at radius 2 is 1.57 bits per heavy atom. The van der Waals surface area contributed by atoms with Crippen LogP contribution in [0.2, 0.25) is 0 Å². The van der Waals surface area contributed by atoms with Gasteiger partial charge in [0.1, 0.15) is 10.5 Å². The lowest BCUT2D eigenvalue weighted by Crippen LogP contribution is -2.24. The topological polar surface area (TPSA) is 220 Å². The van der Waals surface area contributed by atoms with Gasteiger partial charge in [0.15, 0.2) is 11.6 Å². The summed E-state index contributed by atoms with van der Waals surface area (Å²) in [6.45, 7) is 0.885. The highest BCUT2D eigenvalue weighted by atomic mass is 32.2. The molecule has 1 aromatic heterocycles. The predicted molar refractivity (Wildman–Crippen MR) is 122 cm³/mol. The van der Waals surface area contributed by atoms with Gasteiger partial charge in [0.2, 0.25) is 11.5 Å². The predicted octanol–water partition coefficient (Wildman–Crippen LogP) is 4.06. The van der Waals surface area contributed by atoms with Gasteiger partial charge in [-0.05, 0) is 36.4 Å². The Balaban J connectivity index is 2.55. The van der Waals surface area contributed by atoms with Crippen LogP contribution < -0.4 is 14.2 Å². The zero-order valence-electron chi connectivity index (χ0n) is 18.1. The summed E-state index contributed by atoms with van der Waals surface area (Å²) in [6.07, 6.45) is -0.879. The first-order chi connectivity index (χ1) is 16.4. The summed E-state index contributed by atoms with van der Waals surface area (Å²) in [7, 11) is -9.27. The lowest BCUT2D eigenvalue weighted by molar-refractivity contribution is 0.247. The number of rotatable bonds is 14. The second kappa shape index (κ2) is 12.3. The van der Waals surface area contributed by atoms with E-state index in [0.717, 1.165) is 0 Å². The van der Waals surface area contributed by atoms with E-state index in [1.165, 1.54) is 6.92 Å². The molecule has 2 rings (SSSR count). The smallest absolute Gasteiger partial charge is 0.340 e. The SMILES string of the molecule is Cc1c(S(=O)(=O)NCP(=O)(O)O)sc2c(F)c(OCCCN=[N+]=[N-])c(OCCCN=[N+]=[N-])c(F)c12. The first kappa shape index (κ1) is 28.6. The molecule has 1 aromatic carbocycles. The summed E-state index contributed by atoms with van der Waals surface area (Å²) in [6, 6.07) is 0. The van der Waals surface area contributed by atoms with Gasteiger partial charge in [-0.15, -0.1) is 11.3 Å². The van der Waals surface area contributed by atoms with Gasteiger partial charge in [0.05, 0.1) is 17.9 Å². The van der Waals surface area contributed by atoms with Gasteiger partial charge in [-0.3, -0.25) is 4.57 Å². The minimum Gasteiger partial charge on any atom is -0.487 e. The summed E-state index contributed by atoms with van der Waals surface area (Å²) in [5, 5.41) is 6.20. The molecule has 192 valence electrons. The van der Waals surface area contributed by atoms with Crippen molar-refractivity contribution in [2.45, 2.75) is 24.0 Å². The highest BCUT2D eigenvalue weighted by Gasteiger charge is 2.31. The van der Waals surface area contributed by atoms with E-state index in [0.29, 0.717) is 11.3 Å². The number of fused-ring (bicyclic) bond motifs is 1. The number of ether oxygens (including phenoxy) is 2. The molecular weight excluding hydrogens is 535 g/mol. The average Bonchev–Trinajstić information content (AvgIpc) is 3.15.